The quantitative estimate of drug-likeness (QED) is 0.0138. The van der Waals surface area contributed by atoms with E-state index in [0.29, 0.717) is 122 Å². The first-order valence-corrected chi connectivity index (χ1v) is 40.4. The molecule has 0 saturated heterocycles. The van der Waals surface area contributed by atoms with E-state index in [2.05, 4.69) is 16.0 Å². The van der Waals surface area contributed by atoms with Crippen molar-refractivity contribution in [3.05, 3.63) is 132 Å². The van der Waals surface area contributed by atoms with Gasteiger partial charge in [-0.3, -0.25) is 19.2 Å². The number of hydrogen-bond acceptors (Lipinski definition) is 27. The maximum absolute atomic E-state index is 14.2. The number of nitrogens with zero attached hydrogens (tertiary/aromatic N) is 11. The van der Waals surface area contributed by atoms with Gasteiger partial charge in [0, 0.05) is 48.0 Å². The van der Waals surface area contributed by atoms with Gasteiger partial charge in [-0.25, -0.2) is 34.9 Å². The molecule has 0 aliphatic carbocycles. The van der Waals surface area contributed by atoms with Gasteiger partial charge in [-0.1, -0.05) is 78.9 Å². The average molecular weight is 1670 g/mol. The largest absolute Gasteiger partial charge is 0.389 e. The van der Waals surface area contributed by atoms with E-state index in [9.17, 15) is 39.6 Å². The molecule has 7 N–H and O–H groups in total. The summed E-state index contributed by atoms with van der Waals surface area (Å²) in [5.41, 5.74) is 0.832. The Morgan fingerprint density at radius 1 is 0.355 bits per heavy atom. The van der Waals surface area contributed by atoms with Gasteiger partial charge in [0.2, 0.25) is 0 Å². The molecule has 0 fully saturated rings. The Morgan fingerprint density at radius 3 is 1.05 bits per heavy atom. The summed E-state index contributed by atoms with van der Waals surface area (Å²) in [6.07, 6.45) is -0.184. The lowest BCUT2D eigenvalue weighted by Gasteiger charge is -2.32. The Hall–Kier alpha value is -10.1. The Bertz CT molecular complexity index is 4930. The monoisotopic (exact) mass is 1670 g/mol. The van der Waals surface area contributed by atoms with Crippen molar-refractivity contribution in [1.29, 1.82) is 0 Å². The number of Topliss-reactive ketones (excluding diaryl/α,β-unsaturated/α-hetero) is 1. The Labute approximate surface area is 699 Å². The summed E-state index contributed by atoms with van der Waals surface area (Å²) in [7, 11) is 0. The predicted octanol–water partition coefficient (Wildman–Crippen LogP) is 10.1. The van der Waals surface area contributed by atoms with Gasteiger partial charge in [0.25, 0.3) is 17.7 Å². The summed E-state index contributed by atoms with van der Waals surface area (Å²) >= 11 is 0. The van der Waals surface area contributed by atoms with Gasteiger partial charge >= 0.3 is 0 Å². The molecule has 0 spiro atoms. The van der Waals surface area contributed by atoms with E-state index >= 15 is 0 Å². The number of benzene rings is 5. The predicted molar refractivity (Wildman–Crippen MR) is 453 cm³/mol. The first-order valence-electron chi connectivity index (χ1n) is 40.4. The number of ether oxygens (including phenoxy) is 12. The number of pyridine rings is 3. The van der Waals surface area contributed by atoms with Crippen molar-refractivity contribution in [3.63, 3.8) is 0 Å². The highest BCUT2D eigenvalue weighted by Gasteiger charge is 2.35. The Morgan fingerprint density at radius 2 is 0.669 bits per heavy atom. The van der Waals surface area contributed by atoms with Crippen molar-refractivity contribution in [2.45, 2.75) is 165 Å². The fourth-order valence-electron chi connectivity index (χ4n) is 14.4. The first kappa shape index (κ1) is 90.2. The number of amides is 3. The number of carbonyl (C=O) groups excluding carboxylic acids is 4. The molecule has 0 bridgehead atoms. The third-order valence-electron chi connectivity index (χ3n) is 19.2. The smallest absolute Gasteiger partial charge is 0.251 e. The van der Waals surface area contributed by atoms with E-state index < -0.39 is 99.1 Å². The molecule has 7 heterocycles. The van der Waals surface area contributed by atoms with E-state index in [1.54, 1.807) is 55.4 Å². The van der Waals surface area contributed by atoms with Crippen molar-refractivity contribution in [2.24, 2.45) is 5.41 Å². The summed E-state index contributed by atoms with van der Waals surface area (Å²) in [5, 5.41) is 57.1. The lowest BCUT2D eigenvalue weighted by molar-refractivity contribution is -0.184. The summed E-state index contributed by atoms with van der Waals surface area (Å²) < 4.78 is 79.7. The summed E-state index contributed by atoms with van der Waals surface area (Å²) in [6.45, 7) is 18.8. The molecule has 5 aromatic carbocycles. The minimum absolute atomic E-state index is 0.122. The number of para-hydroxylation sites is 3. The number of fused-ring (bicyclic) bond motifs is 12. The van der Waals surface area contributed by atoms with Gasteiger partial charge in [0.05, 0.1) is 137 Å². The number of carbonyl (C=O) groups is 4. The molecule has 0 saturated carbocycles. The van der Waals surface area contributed by atoms with Crippen molar-refractivity contribution < 1.29 is 96.4 Å². The van der Waals surface area contributed by atoms with E-state index in [0.717, 1.165) is 26.9 Å². The molecule has 648 valence electrons. The zero-order valence-electron chi connectivity index (χ0n) is 70.7. The fraction of sp³-hybridized carbons (Fsp3) is 0.483. The third-order valence-corrected chi connectivity index (χ3v) is 19.2. The van der Waals surface area contributed by atoms with Gasteiger partial charge < -0.3 is 111 Å². The van der Waals surface area contributed by atoms with Gasteiger partial charge in [-0.15, -0.1) is 0 Å². The summed E-state index contributed by atoms with van der Waals surface area (Å²) in [5.74, 6) is 0.298. The number of ketones is 1. The van der Waals surface area contributed by atoms with Crippen LogP contribution in [0.4, 0.5) is 17.3 Å². The molecule has 0 atom stereocenters. The van der Waals surface area contributed by atoms with Crippen LogP contribution in [0.5, 0.6) is 0 Å². The second kappa shape index (κ2) is 40.3. The molecule has 12 aromatic rings. The van der Waals surface area contributed by atoms with E-state index in [-0.39, 0.29) is 103 Å². The maximum atomic E-state index is 14.2. The van der Waals surface area contributed by atoms with Crippen LogP contribution < -0.4 is 16.0 Å². The average Bonchev–Trinajstić information content (AvgIpc) is 1.63. The van der Waals surface area contributed by atoms with Crippen LogP contribution in [0, 0.1) is 5.41 Å². The van der Waals surface area contributed by atoms with E-state index in [1.807, 2.05) is 149 Å². The number of anilines is 3. The molecule has 0 aliphatic heterocycles. The molecule has 0 radical (unpaired) electrons. The normalized spacial score (nSPS) is 12.7. The number of hydrogen-bond donors (Lipinski definition) is 7. The second-order valence-electron chi connectivity index (χ2n) is 32.3. The molecule has 0 unspecified atom stereocenters. The highest BCUT2D eigenvalue weighted by Crippen LogP contribution is 2.38. The second-order valence-corrected chi connectivity index (χ2v) is 32.3. The molecule has 3 amide bonds. The van der Waals surface area contributed by atoms with Gasteiger partial charge in [0.15, 0.2) is 17.4 Å². The number of imidazole rings is 4. The lowest BCUT2D eigenvalue weighted by atomic mass is 9.92. The highest BCUT2D eigenvalue weighted by atomic mass is 16.7. The number of aliphatic hydroxyl groups is 4. The summed E-state index contributed by atoms with van der Waals surface area (Å²) in [6, 6.07) is 31.8. The number of nitrogens with one attached hydrogen (secondary N) is 3. The van der Waals surface area contributed by atoms with Crippen molar-refractivity contribution in [1.82, 2.24) is 53.2 Å². The zero-order chi connectivity index (χ0) is 86.2. The Balaban J connectivity index is 0.789. The highest BCUT2D eigenvalue weighted by molar-refractivity contribution is 6.14. The first-order chi connectivity index (χ1) is 57.9. The standard InChI is InChI=1S/C87H110N14O20/c1-13-110-36-66-92-73-64(33-55-25-17-18-26-57(55)77(73)98(66)43-83(5,6)106)89-70(103)40-115-52-119-48-87(47-118-51-114-35-56(102)34-65-74-78(58-27-19-22-30-61(58)88-65)99(44-84(7,8)107)67(93-74)37-111-14-2,49-120-53-116-41-71(104)96-81-75-79(59-28-20-23-31-62(59)90-81)100(45-85(9,10)108)68(94-75)38-112-15-3)50-121-54-117-42-72(105)97-82-76-80(60-29-21-24-32-63(60)91-82)101(46-86(11,12)109)69(95-76)39-113-16-4/h17-33,106-109H,13-16,34-54H2,1-12H3,(H,89,103)(H,90,96,104)(H,91,97,105). The third kappa shape index (κ3) is 23.4. The minimum Gasteiger partial charge on any atom is -0.389 e. The lowest BCUT2D eigenvalue weighted by Crippen LogP contribution is -2.42. The fourth-order valence-corrected chi connectivity index (χ4v) is 14.4. The van der Waals surface area contributed by atoms with Crippen molar-refractivity contribution in [2.75, 3.05) is 122 Å². The molecular weight excluding hydrogens is 1560 g/mol. The topological polar surface area (TPSA) is 406 Å². The molecule has 34 heteroatoms. The van der Waals surface area contributed by atoms with Gasteiger partial charge in [-0.05, 0) is 113 Å². The van der Waals surface area contributed by atoms with E-state index in [4.69, 9.17) is 91.7 Å². The van der Waals surface area contributed by atoms with Crippen LogP contribution in [-0.4, -0.2) is 226 Å². The Kier molecular flexibility index (Phi) is 30.0. The molecule has 0 aliphatic rings. The van der Waals surface area contributed by atoms with Gasteiger partial charge in [0.1, 0.15) is 125 Å². The van der Waals surface area contributed by atoms with Crippen LogP contribution in [0.3, 0.4) is 0 Å². The minimum atomic E-state index is -1.39. The zero-order valence-corrected chi connectivity index (χ0v) is 70.7. The van der Waals surface area contributed by atoms with Crippen LogP contribution >= 0.6 is 0 Å². The molecule has 121 heavy (non-hydrogen) atoms. The van der Waals surface area contributed by atoms with Crippen molar-refractivity contribution in [3.8, 4) is 0 Å². The molecule has 7 aromatic heterocycles. The van der Waals surface area contributed by atoms with Crippen LogP contribution in [0.15, 0.2) is 103 Å². The van der Waals surface area contributed by atoms with Crippen LogP contribution in [0.25, 0.3) is 87.6 Å². The molecule has 34 nitrogen and oxygen atoms in total. The number of rotatable bonds is 49. The molecular formula is C87H110N14O20. The molecule has 12 rings (SSSR count). The maximum Gasteiger partial charge on any atom is 0.251 e. The van der Waals surface area contributed by atoms with E-state index in [1.165, 1.54) is 0 Å². The van der Waals surface area contributed by atoms with Crippen LogP contribution in [-0.2, 0) is 135 Å². The van der Waals surface area contributed by atoms with Crippen molar-refractivity contribution >= 4 is 128 Å². The SMILES string of the molecule is CCOCc1nc2c(NC(=O)COCOCC(COCOCC(=O)Cc3nc4ccccc4c4c3nc(COCC)n4CC(C)(C)O)(COCOCC(=O)Nc3nc4ccccc4c4c3nc(COCC)n4CC(C)(C)O)COCOCC(=O)Nc3nc4ccccc4c4c3nc(COCC)n4CC(C)(C)O)cc3ccccc3c2n1CC(C)(C)O. The van der Waals surface area contributed by atoms with Crippen LogP contribution in [0.2, 0.25) is 0 Å². The summed E-state index contributed by atoms with van der Waals surface area (Å²) in [4.78, 5) is 90.6. The van der Waals surface area contributed by atoms with Crippen LogP contribution in [0.1, 0.15) is 112 Å². The number of aromatic nitrogens is 11. The van der Waals surface area contributed by atoms with Gasteiger partial charge in [-0.2, -0.15) is 0 Å².